The van der Waals surface area contributed by atoms with Gasteiger partial charge < -0.3 is 9.40 Å². The molecule has 0 aliphatic rings. The maximum absolute atomic E-state index is 5.71. The van der Waals surface area contributed by atoms with Crippen molar-refractivity contribution in [2.75, 3.05) is 0 Å². The Morgan fingerprint density at radius 3 is 2.74 bits per heavy atom. The van der Waals surface area contributed by atoms with Crippen LogP contribution in [0.5, 0.6) is 0 Å². The van der Waals surface area contributed by atoms with E-state index in [0.29, 0.717) is 4.77 Å². The maximum Gasteiger partial charge on any atom is 0.180 e. The molecule has 6 heteroatoms. The van der Waals surface area contributed by atoms with Gasteiger partial charge in [0.15, 0.2) is 10.4 Å². The Morgan fingerprint density at radius 1 is 1.37 bits per heavy atom. The number of nitrogens with one attached hydrogen (secondary N) is 1. The molecule has 5 nitrogen and oxygen atoms in total. The summed E-state index contributed by atoms with van der Waals surface area (Å²) in [5, 5.41) is 4.42. The maximum atomic E-state index is 5.71. The van der Waals surface area contributed by atoms with E-state index in [2.05, 4.69) is 17.0 Å². The number of aromatic amines is 1. The highest BCUT2D eigenvalue weighted by atomic mass is 32.1. The summed E-state index contributed by atoms with van der Waals surface area (Å²) in [6.07, 6.45) is 0. The van der Waals surface area contributed by atoms with Crippen LogP contribution in [0.3, 0.4) is 0 Å². The quantitative estimate of drug-likeness (QED) is 0.731. The zero-order chi connectivity index (χ0) is 13.7. The predicted octanol–water partition coefficient (Wildman–Crippen LogP) is 3.25. The van der Waals surface area contributed by atoms with Crippen LogP contribution < -0.4 is 0 Å². The third kappa shape index (κ3) is 1.74. The van der Waals surface area contributed by atoms with Crippen molar-refractivity contribution in [2.24, 2.45) is 7.05 Å². The van der Waals surface area contributed by atoms with E-state index in [1.54, 1.807) is 0 Å². The molecule has 0 bridgehead atoms. The Bertz CT molecular complexity index is 804. The minimum absolute atomic E-state index is 0.0322. The fraction of sp³-hybridized carbons (Fsp3) is 0.385. The molecule has 3 heterocycles. The molecule has 100 valence electrons. The summed E-state index contributed by atoms with van der Waals surface area (Å²) in [6, 6.07) is 3.99. The van der Waals surface area contributed by atoms with E-state index in [9.17, 15) is 0 Å². The lowest BCUT2D eigenvalue weighted by Crippen LogP contribution is -2.09. The van der Waals surface area contributed by atoms with Crippen LogP contribution >= 0.6 is 12.2 Å². The fourth-order valence-corrected chi connectivity index (χ4v) is 2.84. The first-order valence-corrected chi connectivity index (χ1v) is 6.60. The highest BCUT2D eigenvalue weighted by Crippen LogP contribution is 2.26. The minimum atomic E-state index is 0.0322. The molecular formula is C13H16N4OS. The Balaban J connectivity index is 2.25. The normalized spacial score (nSPS) is 13.3. The van der Waals surface area contributed by atoms with E-state index < -0.39 is 0 Å². The third-order valence-corrected chi connectivity index (χ3v) is 3.73. The number of aryl methyl sites for hydroxylation is 3. The van der Waals surface area contributed by atoms with Gasteiger partial charge in [-0.2, -0.15) is 5.10 Å². The first-order chi connectivity index (χ1) is 8.99. The van der Waals surface area contributed by atoms with Crippen molar-refractivity contribution < 1.29 is 4.42 Å². The third-order valence-electron chi connectivity index (χ3n) is 3.43. The lowest BCUT2D eigenvalue weighted by Gasteiger charge is -2.12. The lowest BCUT2D eigenvalue weighted by molar-refractivity contribution is 0.429. The highest BCUT2D eigenvalue weighted by molar-refractivity contribution is 7.71. The van der Waals surface area contributed by atoms with Crippen LogP contribution in [0.1, 0.15) is 30.2 Å². The smallest absolute Gasteiger partial charge is 0.180 e. The van der Waals surface area contributed by atoms with Crippen molar-refractivity contribution in [3.63, 3.8) is 0 Å². The first kappa shape index (κ1) is 12.2. The van der Waals surface area contributed by atoms with Gasteiger partial charge in [-0.15, -0.1) is 0 Å². The van der Waals surface area contributed by atoms with Gasteiger partial charge in [0.2, 0.25) is 0 Å². The molecule has 3 rings (SSSR count). The Morgan fingerprint density at radius 2 is 2.11 bits per heavy atom. The van der Waals surface area contributed by atoms with E-state index in [1.807, 2.05) is 42.3 Å². The summed E-state index contributed by atoms with van der Waals surface area (Å²) in [7, 11) is 1.93. The van der Waals surface area contributed by atoms with Gasteiger partial charge in [0.05, 0.1) is 11.7 Å². The summed E-state index contributed by atoms with van der Waals surface area (Å²) in [6.45, 7) is 5.99. The van der Waals surface area contributed by atoms with Gasteiger partial charge in [-0.25, -0.2) is 0 Å². The first-order valence-electron chi connectivity index (χ1n) is 6.19. The van der Waals surface area contributed by atoms with Gasteiger partial charge in [-0.1, -0.05) is 0 Å². The monoisotopic (exact) mass is 276 g/mol. The second-order valence-electron chi connectivity index (χ2n) is 4.83. The van der Waals surface area contributed by atoms with E-state index in [-0.39, 0.29) is 6.04 Å². The number of aromatic nitrogens is 4. The van der Waals surface area contributed by atoms with Gasteiger partial charge in [0.1, 0.15) is 17.0 Å². The molecule has 0 radical (unpaired) electrons. The molecule has 0 saturated heterocycles. The van der Waals surface area contributed by atoms with Crippen molar-refractivity contribution in [1.29, 1.82) is 0 Å². The standard InChI is InChI=1S/C13H16N4OS/c1-7-5-6-10(18-7)9(3)17-12-11(14-13(17)19)8(2)15-16(12)4/h5-6,9H,1-4H3,(H,14,19). The summed E-state index contributed by atoms with van der Waals surface area (Å²) >= 11 is 5.43. The topological polar surface area (TPSA) is 51.7 Å². The number of furan rings is 1. The molecule has 3 aromatic heterocycles. The van der Waals surface area contributed by atoms with Gasteiger partial charge in [0.25, 0.3) is 0 Å². The van der Waals surface area contributed by atoms with E-state index in [0.717, 1.165) is 28.4 Å². The molecule has 3 aromatic rings. The Hall–Kier alpha value is -1.82. The van der Waals surface area contributed by atoms with Crippen LogP contribution in [0.25, 0.3) is 11.2 Å². The second-order valence-corrected chi connectivity index (χ2v) is 5.22. The van der Waals surface area contributed by atoms with E-state index in [4.69, 9.17) is 16.6 Å². The van der Waals surface area contributed by atoms with Crippen LogP contribution in [0.2, 0.25) is 0 Å². The molecule has 1 atom stereocenters. The molecule has 0 aromatic carbocycles. The highest BCUT2D eigenvalue weighted by Gasteiger charge is 2.19. The number of H-pyrrole nitrogens is 1. The molecule has 0 spiro atoms. The largest absolute Gasteiger partial charge is 0.464 e. The van der Waals surface area contributed by atoms with Gasteiger partial charge in [0, 0.05) is 7.05 Å². The summed E-state index contributed by atoms with van der Waals surface area (Å²) in [4.78, 5) is 3.23. The predicted molar refractivity (Wildman–Crippen MR) is 75.9 cm³/mol. The summed E-state index contributed by atoms with van der Waals surface area (Å²) < 4.78 is 10.3. The number of hydrogen-bond donors (Lipinski definition) is 1. The summed E-state index contributed by atoms with van der Waals surface area (Å²) in [5.74, 6) is 1.80. The van der Waals surface area contributed by atoms with Crippen molar-refractivity contribution in [3.8, 4) is 0 Å². The van der Waals surface area contributed by atoms with Crippen LogP contribution in [-0.2, 0) is 7.05 Å². The van der Waals surface area contributed by atoms with Crippen molar-refractivity contribution >= 4 is 23.4 Å². The molecule has 0 fully saturated rings. The number of imidazole rings is 1. The average molecular weight is 276 g/mol. The second kappa shape index (κ2) is 4.09. The van der Waals surface area contributed by atoms with Gasteiger partial charge in [-0.3, -0.25) is 9.25 Å². The molecule has 19 heavy (non-hydrogen) atoms. The number of rotatable bonds is 2. The molecular weight excluding hydrogens is 260 g/mol. The van der Waals surface area contributed by atoms with Crippen molar-refractivity contribution in [3.05, 3.63) is 34.1 Å². The van der Waals surface area contributed by atoms with Crippen molar-refractivity contribution in [1.82, 2.24) is 19.3 Å². The number of fused-ring (bicyclic) bond motifs is 1. The van der Waals surface area contributed by atoms with E-state index in [1.165, 1.54) is 0 Å². The Kier molecular flexibility index (Phi) is 2.63. The molecule has 0 saturated carbocycles. The molecule has 0 amide bonds. The van der Waals surface area contributed by atoms with Crippen LogP contribution in [0, 0.1) is 18.6 Å². The zero-order valence-corrected chi connectivity index (χ0v) is 12.2. The Labute approximate surface area is 115 Å². The SMILES string of the molecule is Cc1ccc(C(C)n2c(=S)[nH]c3c(C)nn(C)c32)o1. The minimum Gasteiger partial charge on any atom is -0.464 e. The molecule has 0 aliphatic heterocycles. The number of hydrogen-bond acceptors (Lipinski definition) is 3. The summed E-state index contributed by atoms with van der Waals surface area (Å²) in [5.41, 5.74) is 2.93. The van der Waals surface area contributed by atoms with Crippen molar-refractivity contribution in [2.45, 2.75) is 26.8 Å². The molecule has 0 aliphatic carbocycles. The van der Waals surface area contributed by atoms with Gasteiger partial charge >= 0.3 is 0 Å². The van der Waals surface area contributed by atoms with E-state index >= 15 is 0 Å². The van der Waals surface area contributed by atoms with Crippen LogP contribution in [0.4, 0.5) is 0 Å². The zero-order valence-electron chi connectivity index (χ0n) is 11.4. The fourth-order valence-electron chi connectivity index (χ4n) is 2.50. The molecule has 1 unspecified atom stereocenters. The van der Waals surface area contributed by atoms with Gasteiger partial charge in [-0.05, 0) is 45.1 Å². The lowest BCUT2D eigenvalue weighted by atomic mass is 10.2. The van der Waals surface area contributed by atoms with Crippen LogP contribution in [-0.4, -0.2) is 19.3 Å². The number of nitrogens with zero attached hydrogens (tertiary/aromatic N) is 3. The molecule has 1 N–H and O–H groups in total. The van der Waals surface area contributed by atoms with Crippen LogP contribution in [0.15, 0.2) is 16.5 Å². The average Bonchev–Trinajstić information content (AvgIpc) is 2.97.